The van der Waals surface area contributed by atoms with Crippen molar-refractivity contribution in [2.75, 3.05) is 25.5 Å². The zero-order valence-corrected chi connectivity index (χ0v) is 16.1. The van der Waals surface area contributed by atoms with E-state index < -0.39 is 0 Å². The second kappa shape index (κ2) is 7.98. The summed E-state index contributed by atoms with van der Waals surface area (Å²) >= 11 is 0. The Bertz CT molecular complexity index is 952. The van der Waals surface area contributed by atoms with Crippen LogP contribution in [0.2, 0.25) is 0 Å². The first kappa shape index (κ1) is 19.2. The molecular formula is C20H23ClN4O2. The van der Waals surface area contributed by atoms with Crippen molar-refractivity contribution >= 4 is 35.3 Å². The van der Waals surface area contributed by atoms with Crippen LogP contribution in [0, 0.1) is 11.8 Å². The van der Waals surface area contributed by atoms with Crippen molar-refractivity contribution in [3.8, 4) is 11.4 Å². The summed E-state index contributed by atoms with van der Waals surface area (Å²) in [5, 5.41) is 6.25. The number of rotatable bonds is 5. The van der Waals surface area contributed by atoms with Gasteiger partial charge in [-0.15, -0.1) is 12.4 Å². The van der Waals surface area contributed by atoms with Crippen LogP contribution >= 0.6 is 12.4 Å². The fourth-order valence-electron chi connectivity index (χ4n) is 3.27. The standard InChI is InChI=1S/C20H22N4O2.ClH/c1-13(14-11-21-12-14)19(25)23-20-22-15-7-3-4-8-16(15)24(20)17-9-5-6-10-18(17)26-2;/h3-10,13-14,21H,11-12H2,1-2H3,(H,22,23,25);1H. The summed E-state index contributed by atoms with van der Waals surface area (Å²) in [6.07, 6.45) is 0. The highest BCUT2D eigenvalue weighted by Crippen LogP contribution is 2.31. The molecule has 0 bridgehead atoms. The predicted octanol–water partition coefficient (Wildman–Crippen LogP) is 3.25. The molecule has 27 heavy (non-hydrogen) atoms. The van der Waals surface area contributed by atoms with Crippen LogP contribution in [0.3, 0.4) is 0 Å². The molecule has 4 rings (SSSR count). The number of nitrogens with one attached hydrogen (secondary N) is 2. The number of para-hydroxylation sites is 4. The first-order valence-corrected chi connectivity index (χ1v) is 8.81. The predicted molar refractivity (Wildman–Crippen MR) is 109 cm³/mol. The van der Waals surface area contributed by atoms with Gasteiger partial charge in [-0.25, -0.2) is 4.98 Å². The normalized spacial score (nSPS) is 14.9. The van der Waals surface area contributed by atoms with E-state index in [4.69, 9.17) is 4.74 Å². The number of imidazole rings is 1. The molecule has 1 saturated heterocycles. The van der Waals surface area contributed by atoms with Gasteiger partial charge < -0.3 is 10.1 Å². The van der Waals surface area contributed by atoms with Gasteiger partial charge >= 0.3 is 0 Å². The molecule has 2 heterocycles. The third-order valence-electron chi connectivity index (χ3n) is 5.06. The molecule has 1 aliphatic rings. The minimum Gasteiger partial charge on any atom is -0.495 e. The van der Waals surface area contributed by atoms with Gasteiger partial charge in [-0.3, -0.25) is 14.7 Å². The number of nitrogens with zero attached hydrogens (tertiary/aromatic N) is 2. The molecule has 1 unspecified atom stereocenters. The number of carbonyl (C=O) groups is 1. The fourth-order valence-corrected chi connectivity index (χ4v) is 3.27. The van der Waals surface area contributed by atoms with Crippen LogP contribution in [-0.2, 0) is 4.79 Å². The third-order valence-corrected chi connectivity index (χ3v) is 5.06. The topological polar surface area (TPSA) is 68.2 Å². The molecule has 142 valence electrons. The van der Waals surface area contributed by atoms with Gasteiger partial charge in [0.1, 0.15) is 5.75 Å². The average molecular weight is 387 g/mol. The number of hydrogen-bond donors (Lipinski definition) is 2. The van der Waals surface area contributed by atoms with Crippen molar-refractivity contribution in [1.82, 2.24) is 14.9 Å². The zero-order chi connectivity index (χ0) is 18.1. The molecule has 3 aromatic rings. The Hall–Kier alpha value is -2.57. The van der Waals surface area contributed by atoms with Gasteiger partial charge in [-0.2, -0.15) is 0 Å². The highest BCUT2D eigenvalue weighted by atomic mass is 35.5. The van der Waals surface area contributed by atoms with E-state index in [1.54, 1.807) is 7.11 Å². The summed E-state index contributed by atoms with van der Waals surface area (Å²) in [5.74, 6) is 1.53. The van der Waals surface area contributed by atoms with Gasteiger partial charge in [0.2, 0.25) is 11.9 Å². The highest BCUT2D eigenvalue weighted by Gasteiger charge is 2.29. The highest BCUT2D eigenvalue weighted by molar-refractivity contribution is 5.94. The first-order valence-electron chi connectivity index (χ1n) is 8.81. The number of halogens is 1. The lowest BCUT2D eigenvalue weighted by Gasteiger charge is -2.31. The lowest BCUT2D eigenvalue weighted by Crippen LogP contribution is -2.48. The number of amides is 1. The van der Waals surface area contributed by atoms with E-state index in [2.05, 4.69) is 15.6 Å². The summed E-state index contributed by atoms with van der Waals surface area (Å²) in [5.41, 5.74) is 2.59. The van der Waals surface area contributed by atoms with E-state index in [-0.39, 0.29) is 24.2 Å². The van der Waals surface area contributed by atoms with Crippen LogP contribution in [0.25, 0.3) is 16.7 Å². The smallest absolute Gasteiger partial charge is 0.229 e. The summed E-state index contributed by atoms with van der Waals surface area (Å²) in [6, 6.07) is 15.6. The number of methoxy groups -OCH3 is 1. The van der Waals surface area contributed by atoms with Crippen LogP contribution in [0.4, 0.5) is 5.95 Å². The van der Waals surface area contributed by atoms with E-state index in [9.17, 15) is 4.79 Å². The third kappa shape index (κ3) is 3.50. The summed E-state index contributed by atoms with van der Waals surface area (Å²) in [6.45, 7) is 3.74. The Morgan fingerprint density at radius 3 is 2.63 bits per heavy atom. The minimum atomic E-state index is -0.0674. The van der Waals surface area contributed by atoms with Crippen molar-refractivity contribution < 1.29 is 9.53 Å². The van der Waals surface area contributed by atoms with E-state index in [1.165, 1.54) is 0 Å². The molecule has 1 amide bonds. The number of ether oxygens (including phenoxy) is 1. The first-order chi connectivity index (χ1) is 12.7. The molecule has 2 N–H and O–H groups in total. The van der Waals surface area contributed by atoms with E-state index in [1.807, 2.05) is 60.0 Å². The summed E-state index contributed by atoms with van der Waals surface area (Å²) in [4.78, 5) is 17.4. The molecule has 7 heteroatoms. The Morgan fingerprint density at radius 2 is 1.93 bits per heavy atom. The van der Waals surface area contributed by atoms with Crippen molar-refractivity contribution in [2.24, 2.45) is 11.8 Å². The molecule has 0 spiro atoms. The molecule has 0 saturated carbocycles. The van der Waals surface area contributed by atoms with Crippen molar-refractivity contribution in [1.29, 1.82) is 0 Å². The van der Waals surface area contributed by atoms with Crippen LogP contribution in [0.1, 0.15) is 6.92 Å². The van der Waals surface area contributed by atoms with Gasteiger partial charge in [0.15, 0.2) is 0 Å². The number of aromatic nitrogens is 2. The molecule has 1 atom stereocenters. The second-order valence-corrected chi connectivity index (χ2v) is 6.63. The van der Waals surface area contributed by atoms with Gasteiger partial charge in [-0.05, 0) is 43.3 Å². The lowest BCUT2D eigenvalue weighted by atomic mass is 9.88. The van der Waals surface area contributed by atoms with Crippen molar-refractivity contribution in [3.05, 3.63) is 48.5 Å². The van der Waals surface area contributed by atoms with Crippen molar-refractivity contribution in [2.45, 2.75) is 6.92 Å². The van der Waals surface area contributed by atoms with E-state index >= 15 is 0 Å². The monoisotopic (exact) mass is 386 g/mol. The minimum absolute atomic E-state index is 0. The molecule has 0 radical (unpaired) electrons. The maximum Gasteiger partial charge on any atom is 0.229 e. The van der Waals surface area contributed by atoms with Gasteiger partial charge in [0.05, 0.1) is 23.8 Å². The molecule has 1 aromatic heterocycles. The Balaban J connectivity index is 0.00000210. The fraction of sp³-hybridized carbons (Fsp3) is 0.300. The number of hydrogen-bond acceptors (Lipinski definition) is 4. The number of carbonyl (C=O) groups excluding carboxylic acids is 1. The van der Waals surface area contributed by atoms with Crippen LogP contribution < -0.4 is 15.4 Å². The molecule has 6 nitrogen and oxygen atoms in total. The summed E-state index contributed by atoms with van der Waals surface area (Å²) in [7, 11) is 1.64. The van der Waals surface area contributed by atoms with E-state index in [0.29, 0.717) is 11.9 Å². The Kier molecular flexibility index (Phi) is 5.68. The van der Waals surface area contributed by atoms with Gasteiger partial charge in [-0.1, -0.05) is 31.2 Å². The maximum atomic E-state index is 12.7. The summed E-state index contributed by atoms with van der Waals surface area (Å²) < 4.78 is 7.46. The quantitative estimate of drug-likeness (QED) is 0.706. The number of anilines is 1. The molecular weight excluding hydrogens is 364 g/mol. The van der Waals surface area contributed by atoms with Crippen LogP contribution in [-0.4, -0.2) is 35.7 Å². The maximum absolute atomic E-state index is 12.7. The Labute approximate surface area is 164 Å². The SMILES string of the molecule is COc1ccccc1-n1c(NC(=O)C(C)C2CNC2)nc2ccccc21.Cl. The number of benzene rings is 2. The molecule has 1 fully saturated rings. The molecule has 2 aromatic carbocycles. The lowest BCUT2D eigenvalue weighted by molar-refractivity contribution is -0.121. The average Bonchev–Trinajstić information content (AvgIpc) is 2.97. The van der Waals surface area contributed by atoms with Gasteiger partial charge in [0, 0.05) is 5.92 Å². The van der Waals surface area contributed by atoms with Crippen molar-refractivity contribution in [3.63, 3.8) is 0 Å². The molecule has 0 aliphatic carbocycles. The van der Waals surface area contributed by atoms with Crippen LogP contribution in [0.5, 0.6) is 5.75 Å². The van der Waals surface area contributed by atoms with Gasteiger partial charge in [0.25, 0.3) is 0 Å². The van der Waals surface area contributed by atoms with Crippen LogP contribution in [0.15, 0.2) is 48.5 Å². The largest absolute Gasteiger partial charge is 0.495 e. The zero-order valence-electron chi connectivity index (χ0n) is 15.3. The number of fused-ring (bicyclic) bond motifs is 1. The Morgan fingerprint density at radius 1 is 1.22 bits per heavy atom. The molecule has 1 aliphatic heterocycles. The second-order valence-electron chi connectivity index (χ2n) is 6.63. The van der Waals surface area contributed by atoms with E-state index in [0.717, 1.165) is 35.6 Å².